The minimum atomic E-state index is 0.143. The third-order valence-corrected chi connectivity index (χ3v) is 5.29. The van der Waals surface area contributed by atoms with Gasteiger partial charge < -0.3 is 14.5 Å². The zero-order chi connectivity index (χ0) is 16.2. The van der Waals surface area contributed by atoms with Gasteiger partial charge in [0.1, 0.15) is 5.75 Å². The highest BCUT2D eigenvalue weighted by atomic mass is 32.2. The molecule has 5 nitrogen and oxygen atoms in total. The van der Waals surface area contributed by atoms with Crippen LogP contribution in [0.2, 0.25) is 0 Å². The second-order valence-electron chi connectivity index (χ2n) is 5.94. The van der Waals surface area contributed by atoms with E-state index in [1.165, 1.54) is 11.8 Å². The molecular weight excluding hydrogens is 312 g/mol. The minimum absolute atomic E-state index is 0.143. The molecular formula is C17H22N2O3S. The summed E-state index contributed by atoms with van der Waals surface area (Å²) in [5, 5.41) is 0. The van der Waals surface area contributed by atoms with Crippen molar-refractivity contribution in [3.05, 3.63) is 24.3 Å². The van der Waals surface area contributed by atoms with Crippen molar-refractivity contribution >= 4 is 23.6 Å². The fourth-order valence-corrected chi connectivity index (χ4v) is 3.47. The van der Waals surface area contributed by atoms with E-state index < -0.39 is 0 Å². The Morgan fingerprint density at radius 1 is 1.09 bits per heavy atom. The van der Waals surface area contributed by atoms with Crippen molar-refractivity contribution in [2.24, 2.45) is 5.92 Å². The molecule has 0 N–H and O–H groups in total. The van der Waals surface area contributed by atoms with E-state index in [2.05, 4.69) is 0 Å². The van der Waals surface area contributed by atoms with Gasteiger partial charge >= 0.3 is 0 Å². The van der Waals surface area contributed by atoms with Crippen LogP contribution in [0.3, 0.4) is 0 Å². The van der Waals surface area contributed by atoms with Crippen LogP contribution in [0.5, 0.6) is 5.75 Å². The predicted molar refractivity (Wildman–Crippen MR) is 89.6 cm³/mol. The van der Waals surface area contributed by atoms with E-state index in [0.717, 1.165) is 23.5 Å². The number of methoxy groups -OCH3 is 1. The number of nitrogens with zero attached hydrogens (tertiary/aromatic N) is 2. The number of thioether (sulfide) groups is 1. The Labute approximate surface area is 141 Å². The van der Waals surface area contributed by atoms with Crippen LogP contribution < -0.4 is 4.74 Å². The Balaban J connectivity index is 1.42. The molecule has 2 amide bonds. The largest absolute Gasteiger partial charge is 0.497 e. The van der Waals surface area contributed by atoms with Gasteiger partial charge in [-0.3, -0.25) is 9.59 Å². The molecule has 1 saturated carbocycles. The Morgan fingerprint density at radius 2 is 1.70 bits per heavy atom. The van der Waals surface area contributed by atoms with Crippen LogP contribution in [0.4, 0.5) is 0 Å². The van der Waals surface area contributed by atoms with E-state index in [4.69, 9.17) is 4.74 Å². The molecule has 0 aromatic heterocycles. The van der Waals surface area contributed by atoms with E-state index >= 15 is 0 Å². The maximum atomic E-state index is 12.3. The molecule has 0 bridgehead atoms. The van der Waals surface area contributed by atoms with Crippen LogP contribution in [0, 0.1) is 5.92 Å². The van der Waals surface area contributed by atoms with Gasteiger partial charge in [0, 0.05) is 37.0 Å². The molecule has 2 fully saturated rings. The number of carbonyl (C=O) groups is 2. The summed E-state index contributed by atoms with van der Waals surface area (Å²) in [6.45, 7) is 2.66. The highest BCUT2D eigenvalue weighted by molar-refractivity contribution is 8.00. The summed E-state index contributed by atoms with van der Waals surface area (Å²) >= 11 is 1.54. The SMILES string of the molecule is COc1ccc(SCC(=O)N2CCN(C(=O)C3CC3)CC2)cc1. The predicted octanol–water partition coefficient (Wildman–Crippen LogP) is 1.87. The van der Waals surface area contributed by atoms with Gasteiger partial charge in [-0.1, -0.05) is 0 Å². The van der Waals surface area contributed by atoms with Crippen LogP contribution in [-0.2, 0) is 9.59 Å². The number of hydrogen-bond donors (Lipinski definition) is 0. The van der Waals surface area contributed by atoms with Crippen molar-refractivity contribution in [3.63, 3.8) is 0 Å². The smallest absolute Gasteiger partial charge is 0.233 e. The average molecular weight is 334 g/mol. The number of rotatable bonds is 5. The lowest BCUT2D eigenvalue weighted by molar-refractivity contribution is -0.139. The monoisotopic (exact) mass is 334 g/mol. The first-order chi connectivity index (χ1) is 11.2. The topological polar surface area (TPSA) is 49.9 Å². The van der Waals surface area contributed by atoms with Gasteiger partial charge in [0.15, 0.2) is 0 Å². The normalized spacial score (nSPS) is 18.0. The second kappa shape index (κ2) is 7.25. The molecule has 0 atom stereocenters. The summed E-state index contributed by atoms with van der Waals surface area (Å²) in [6, 6.07) is 7.72. The third kappa shape index (κ3) is 4.19. The van der Waals surface area contributed by atoms with E-state index in [-0.39, 0.29) is 17.7 Å². The van der Waals surface area contributed by atoms with Gasteiger partial charge in [0.05, 0.1) is 12.9 Å². The summed E-state index contributed by atoms with van der Waals surface area (Å²) in [5.41, 5.74) is 0. The molecule has 1 saturated heterocycles. The summed E-state index contributed by atoms with van der Waals surface area (Å²) in [4.78, 5) is 29.1. The molecule has 2 aliphatic rings. The summed E-state index contributed by atoms with van der Waals surface area (Å²) in [5.74, 6) is 1.94. The quantitative estimate of drug-likeness (QED) is 0.772. The highest BCUT2D eigenvalue weighted by Crippen LogP contribution is 2.31. The van der Waals surface area contributed by atoms with E-state index in [9.17, 15) is 9.59 Å². The van der Waals surface area contributed by atoms with Gasteiger partial charge in [0.25, 0.3) is 0 Å². The van der Waals surface area contributed by atoms with Crippen LogP contribution >= 0.6 is 11.8 Å². The maximum Gasteiger partial charge on any atom is 0.233 e. The molecule has 1 heterocycles. The fraction of sp³-hybridized carbons (Fsp3) is 0.529. The number of amides is 2. The number of benzene rings is 1. The number of hydrogen-bond acceptors (Lipinski definition) is 4. The Kier molecular flexibility index (Phi) is 5.10. The molecule has 6 heteroatoms. The molecule has 3 rings (SSSR count). The van der Waals surface area contributed by atoms with Crippen LogP contribution in [-0.4, -0.2) is 60.7 Å². The molecule has 0 unspecified atom stereocenters. The van der Waals surface area contributed by atoms with Gasteiger partial charge in [-0.05, 0) is 37.1 Å². The maximum absolute atomic E-state index is 12.3. The zero-order valence-corrected chi connectivity index (χ0v) is 14.2. The first-order valence-electron chi connectivity index (χ1n) is 8.01. The fourth-order valence-electron chi connectivity index (χ4n) is 2.67. The second-order valence-corrected chi connectivity index (χ2v) is 6.99. The molecule has 1 aromatic carbocycles. The first-order valence-corrected chi connectivity index (χ1v) is 8.99. The van der Waals surface area contributed by atoms with E-state index in [1.54, 1.807) is 7.11 Å². The van der Waals surface area contributed by atoms with E-state index in [0.29, 0.717) is 31.9 Å². The third-order valence-electron chi connectivity index (χ3n) is 4.29. The van der Waals surface area contributed by atoms with E-state index in [1.807, 2.05) is 34.1 Å². The molecule has 0 radical (unpaired) electrons. The van der Waals surface area contributed by atoms with Crippen molar-refractivity contribution in [1.82, 2.24) is 9.80 Å². The van der Waals surface area contributed by atoms with Crippen molar-refractivity contribution in [1.29, 1.82) is 0 Å². The van der Waals surface area contributed by atoms with Gasteiger partial charge in [-0.15, -0.1) is 11.8 Å². The van der Waals surface area contributed by atoms with Crippen LogP contribution in [0.25, 0.3) is 0 Å². The molecule has 23 heavy (non-hydrogen) atoms. The van der Waals surface area contributed by atoms with Gasteiger partial charge in [-0.2, -0.15) is 0 Å². The van der Waals surface area contributed by atoms with Crippen molar-refractivity contribution in [2.45, 2.75) is 17.7 Å². The summed E-state index contributed by atoms with van der Waals surface area (Å²) in [7, 11) is 1.64. The van der Waals surface area contributed by atoms with Crippen LogP contribution in [0.1, 0.15) is 12.8 Å². The molecule has 1 aliphatic carbocycles. The minimum Gasteiger partial charge on any atom is -0.497 e. The van der Waals surface area contributed by atoms with Gasteiger partial charge in [-0.25, -0.2) is 0 Å². The van der Waals surface area contributed by atoms with Gasteiger partial charge in [0.2, 0.25) is 11.8 Å². The Morgan fingerprint density at radius 3 is 2.26 bits per heavy atom. The highest BCUT2D eigenvalue weighted by Gasteiger charge is 2.35. The lowest BCUT2D eigenvalue weighted by Gasteiger charge is -2.34. The lowest BCUT2D eigenvalue weighted by Crippen LogP contribution is -2.51. The lowest BCUT2D eigenvalue weighted by atomic mass is 10.2. The molecule has 124 valence electrons. The molecule has 0 spiro atoms. The zero-order valence-electron chi connectivity index (χ0n) is 13.4. The molecule has 1 aromatic rings. The number of carbonyl (C=O) groups excluding carboxylic acids is 2. The van der Waals surface area contributed by atoms with Crippen molar-refractivity contribution in [2.75, 3.05) is 39.0 Å². The number of ether oxygens (including phenoxy) is 1. The average Bonchev–Trinajstić information content (AvgIpc) is 3.44. The Bertz CT molecular complexity index is 564. The molecule has 1 aliphatic heterocycles. The van der Waals surface area contributed by atoms with Crippen molar-refractivity contribution < 1.29 is 14.3 Å². The number of piperazine rings is 1. The van der Waals surface area contributed by atoms with Crippen LogP contribution in [0.15, 0.2) is 29.2 Å². The Hall–Kier alpha value is -1.69. The first kappa shape index (κ1) is 16.2. The van der Waals surface area contributed by atoms with Crippen molar-refractivity contribution in [3.8, 4) is 5.75 Å². The standard InChI is InChI=1S/C17H22N2O3S/c1-22-14-4-6-15(7-5-14)23-12-16(20)18-8-10-19(11-9-18)17(21)13-2-3-13/h4-7,13H,2-3,8-12H2,1H3. The summed E-state index contributed by atoms with van der Waals surface area (Å²) < 4.78 is 5.12. The summed E-state index contributed by atoms with van der Waals surface area (Å²) in [6.07, 6.45) is 2.08.